The van der Waals surface area contributed by atoms with E-state index in [4.69, 9.17) is 4.74 Å². The first-order chi connectivity index (χ1) is 8.67. The maximum atomic E-state index is 11.6. The van der Waals surface area contributed by atoms with Crippen molar-refractivity contribution in [3.8, 4) is 5.75 Å². The Morgan fingerprint density at radius 1 is 1.28 bits per heavy atom. The van der Waals surface area contributed by atoms with E-state index in [9.17, 15) is 4.79 Å². The molecule has 3 nitrogen and oxygen atoms in total. The lowest BCUT2D eigenvalue weighted by Gasteiger charge is -2.14. The molecule has 100 valence electrons. The fraction of sp³-hybridized carbons (Fsp3) is 0.533. The third kappa shape index (κ3) is 4.78. The molecule has 1 rings (SSSR count). The van der Waals surface area contributed by atoms with Gasteiger partial charge < -0.3 is 10.1 Å². The smallest absolute Gasteiger partial charge is 0.257 e. The standard InChI is InChI=1S/C15H23NO2/c1-4-13(5-2)10-16-15(17)11-18-14-9-7-6-8-12(14)3/h6-9,13H,4-5,10-11H2,1-3H3,(H,16,17). The molecule has 0 fully saturated rings. The number of hydrogen-bond acceptors (Lipinski definition) is 2. The Morgan fingerprint density at radius 2 is 1.94 bits per heavy atom. The molecule has 0 bridgehead atoms. The average Bonchev–Trinajstić information content (AvgIpc) is 2.39. The summed E-state index contributed by atoms with van der Waals surface area (Å²) in [6.07, 6.45) is 2.19. The molecule has 0 aliphatic carbocycles. The van der Waals surface area contributed by atoms with Crippen LogP contribution < -0.4 is 10.1 Å². The van der Waals surface area contributed by atoms with Crippen molar-refractivity contribution < 1.29 is 9.53 Å². The van der Waals surface area contributed by atoms with Crippen LogP contribution in [0.5, 0.6) is 5.75 Å². The monoisotopic (exact) mass is 249 g/mol. The van der Waals surface area contributed by atoms with Crippen molar-refractivity contribution in [3.63, 3.8) is 0 Å². The molecule has 0 aromatic heterocycles. The zero-order chi connectivity index (χ0) is 13.4. The summed E-state index contributed by atoms with van der Waals surface area (Å²) < 4.78 is 5.49. The topological polar surface area (TPSA) is 38.3 Å². The molecule has 0 heterocycles. The third-order valence-corrected chi connectivity index (χ3v) is 3.19. The molecule has 0 radical (unpaired) electrons. The van der Waals surface area contributed by atoms with E-state index < -0.39 is 0 Å². The van der Waals surface area contributed by atoms with E-state index in [1.807, 2.05) is 31.2 Å². The Bertz CT molecular complexity index is 373. The number of ether oxygens (including phenoxy) is 1. The Morgan fingerprint density at radius 3 is 2.56 bits per heavy atom. The third-order valence-electron chi connectivity index (χ3n) is 3.19. The number of hydrogen-bond donors (Lipinski definition) is 1. The molecule has 1 amide bonds. The van der Waals surface area contributed by atoms with Crippen LogP contribution in [0.1, 0.15) is 32.3 Å². The van der Waals surface area contributed by atoms with Crippen LogP contribution in [0, 0.1) is 12.8 Å². The molecule has 0 unspecified atom stereocenters. The van der Waals surface area contributed by atoms with Gasteiger partial charge in [-0.2, -0.15) is 0 Å². The number of rotatable bonds is 7. The first kappa shape index (κ1) is 14.6. The SMILES string of the molecule is CCC(CC)CNC(=O)COc1ccccc1C. The molecular weight excluding hydrogens is 226 g/mol. The summed E-state index contributed by atoms with van der Waals surface area (Å²) in [6, 6.07) is 7.71. The molecule has 0 aliphatic rings. The molecule has 1 N–H and O–H groups in total. The van der Waals surface area contributed by atoms with Gasteiger partial charge in [-0.25, -0.2) is 0 Å². The molecule has 0 aliphatic heterocycles. The van der Waals surface area contributed by atoms with Crippen LogP contribution in [0.15, 0.2) is 24.3 Å². The van der Waals surface area contributed by atoms with E-state index in [0.717, 1.165) is 30.7 Å². The summed E-state index contributed by atoms with van der Waals surface area (Å²) in [5.41, 5.74) is 1.05. The van der Waals surface area contributed by atoms with Gasteiger partial charge >= 0.3 is 0 Å². The molecule has 0 atom stereocenters. The lowest BCUT2D eigenvalue weighted by atomic mass is 10.0. The normalized spacial score (nSPS) is 10.4. The van der Waals surface area contributed by atoms with E-state index >= 15 is 0 Å². The van der Waals surface area contributed by atoms with Crippen molar-refractivity contribution in [1.29, 1.82) is 0 Å². The highest BCUT2D eigenvalue weighted by molar-refractivity contribution is 5.77. The summed E-state index contributed by atoms with van der Waals surface area (Å²) in [4.78, 5) is 11.6. The predicted octanol–water partition coefficient (Wildman–Crippen LogP) is 2.93. The Kier molecular flexibility index (Phi) is 6.26. The molecular formula is C15H23NO2. The highest BCUT2D eigenvalue weighted by Gasteiger charge is 2.07. The average molecular weight is 249 g/mol. The molecule has 0 saturated carbocycles. The highest BCUT2D eigenvalue weighted by atomic mass is 16.5. The van der Waals surface area contributed by atoms with E-state index in [0.29, 0.717) is 5.92 Å². The van der Waals surface area contributed by atoms with Crippen molar-refractivity contribution in [3.05, 3.63) is 29.8 Å². The zero-order valence-corrected chi connectivity index (χ0v) is 11.5. The summed E-state index contributed by atoms with van der Waals surface area (Å²) in [7, 11) is 0. The summed E-state index contributed by atoms with van der Waals surface area (Å²) in [5, 5.41) is 2.91. The van der Waals surface area contributed by atoms with Gasteiger partial charge in [-0.15, -0.1) is 0 Å². The fourth-order valence-electron chi connectivity index (χ4n) is 1.75. The summed E-state index contributed by atoms with van der Waals surface area (Å²) in [6.45, 7) is 7.08. The Balaban J connectivity index is 2.31. The van der Waals surface area contributed by atoms with Crippen LogP contribution in [0.2, 0.25) is 0 Å². The summed E-state index contributed by atoms with van der Waals surface area (Å²) >= 11 is 0. The number of nitrogens with one attached hydrogen (secondary N) is 1. The maximum Gasteiger partial charge on any atom is 0.257 e. The number of carbonyl (C=O) groups excluding carboxylic acids is 1. The number of amides is 1. The first-order valence-electron chi connectivity index (χ1n) is 6.62. The van der Waals surface area contributed by atoms with Gasteiger partial charge in [0.05, 0.1) is 0 Å². The number of carbonyl (C=O) groups is 1. The quantitative estimate of drug-likeness (QED) is 0.807. The van der Waals surface area contributed by atoms with E-state index in [-0.39, 0.29) is 12.5 Å². The highest BCUT2D eigenvalue weighted by Crippen LogP contribution is 2.15. The van der Waals surface area contributed by atoms with E-state index in [2.05, 4.69) is 19.2 Å². The number of para-hydroxylation sites is 1. The Hall–Kier alpha value is -1.51. The van der Waals surface area contributed by atoms with Gasteiger partial charge in [-0.05, 0) is 24.5 Å². The summed E-state index contributed by atoms with van der Waals surface area (Å²) in [5.74, 6) is 1.28. The minimum atomic E-state index is -0.0508. The van der Waals surface area contributed by atoms with Crippen molar-refractivity contribution in [2.75, 3.05) is 13.2 Å². The zero-order valence-electron chi connectivity index (χ0n) is 11.5. The Labute approximate surface area is 110 Å². The van der Waals surface area contributed by atoms with Crippen molar-refractivity contribution >= 4 is 5.91 Å². The van der Waals surface area contributed by atoms with Crippen molar-refractivity contribution in [1.82, 2.24) is 5.32 Å². The number of benzene rings is 1. The number of aryl methyl sites for hydroxylation is 1. The lowest BCUT2D eigenvalue weighted by Crippen LogP contribution is -2.32. The second-order valence-corrected chi connectivity index (χ2v) is 4.54. The van der Waals surface area contributed by atoms with Crippen LogP contribution in [0.3, 0.4) is 0 Å². The van der Waals surface area contributed by atoms with Gasteiger partial charge in [0, 0.05) is 6.54 Å². The van der Waals surface area contributed by atoms with Gasteiger partial charge in [0.2, 0.25) is 0 Å². The second kappa shape index (κ2) is 7.75. The minimum Gasteiger partial charge on any atom is -0.484 e. The van der Waals surface area contributed by atoms with Crippen molar-refractivity contribution in [2.24, 2.45) is 5.92 Å². The van der Waals surface area contributed by atoms with Gasteiger partial charge in [0.25, 0.3) is 5.91 Å². The fourth-order valence-corrected chi connectivity index (χ4v) is 1.75. The van der Waals surface area contributed by atoms with Gasteiger partial charge in [-0.3, -0.25) is 4.79 Å². The van der Waals surface area contributed by atoms with E-state index in [1.165, 1.54) is 0 Å². The van der Waals surface area contributed by atoms with Crippen LogP contribution in [0.25, 0.3) is 0 Å². The predicted molar refractivity (Wildman–Crippen MR) is 73.8 cm³/mol. The molecule has 1 aromatic carbocycles. The molecule has 3 heteroatoms. The second-order valence-electron chi connectivity index (χ2n) is 4.54. The van der Waals surface area contributed by atoms with Gasteiger partial charge in [0.1, 0.15) is 5.75 Å². The van der Waals surface area contributed by atoms with Crippen LogP contribution in [0.4, 0.5) is 0 Å². The molecule has 0 saturated heterocycles. The minimum absolute atomic E-state index is 0.0508. The van der Waals surface area contributed by atoms with Crippen LogP contribution in [-0.4, -0.2) is 19.1 Å². The molecule has 0 spiro atoms. The largest absolute Gasteiger partial charge is 0.484 e. The first-order valence-corrected chi connectivity index (χ1v) is 6.62. The molecule has 1 aromatic rings. The van der Waals surface area contributed by atoms with Crippen LogP contribution >= 0.6 is 0 Å². The van der Waals surface area contributed by atoms with Gasteiger partial charge in [-0.1, -0.05) is 44.9 Å². The van der Waals surface area contributed by atoms with Crippen LogP contribution in [-0.2, 0) is 4.79 Å². The lowest BCUT2D eigenvalue weighted by molar-refractivity contribution is -0.123. The molecule has 18 heavy (non-hydrogen) atoms. The van der Waals surface area contributed by atoms with E-state index in [1.54, 1.807) is 0 Å². The van der Waals surface area contributed by atoms with Crippen molar-refractivity contribution in [2.45, 2.75) is 33.6 Å². The maximum absolute atomic E-state index is 11.6. The van der Waals surface area contributed by atoms with Gasteiger partial charge in [0.15, 0.2) is 6.61 Å².